The smallest absolute Gasteiger partial charge is 0.272 e. The fourth-order valence-corrected chi connectivity index (χ4v) is 3.61. The zero-order valence-electron chi connectivity index (χ0n) is 16.5. The summed E-state index contributed by atoms with van der Waals surface area (Å²) >= 11 is 3.48. The van der Waals surface area contributed by atoms with Gasteiger partial charge in [-0.1, -0.05) is 43.6 Å². The number of carbonyl (C=O) groups is 2. The number of rotatable bonds is 6. The van der Waals surface area contributed by atoms with Gasteiger partial charge in [0.1, 0.15) is 5.71 Å². The van der Waals surface area contributed by atoms with Crippen LogP contribution in [0.25, 0.3) is 17.0 Å². The number of aromatic amines is 1. The maximum absolute atomic E-state index is 13.0. The predicted octanol–water partition coefficient (Wildman–Crippen LogP) is 3.99. The molecule has 1 aliphatic heterocycles. The van der Waals surface area contributed by atoms with E-state index in [1.165, 1.54) is 0 Å². The maximum atomic E-state index is 13.0. The lowest BCUT2D eigenvalue weighted by molar-refractivity contribution is -0.131. The number of aromatic nitrogens is 1. The molecule has 0 fully saturated rings. The van der Waals surface area contributed by atoms with Gasteiger partial charge in [-0.25, -0.2) is 4.99 Å². The zero-order chi connectivity index (χ0) is 20.5. The summed E-state index contributed by atoms with van der Waals surface area (Å²) in [5.41, 5.74) is 1.13. The van der Waals surface area contributed by atoms with Crippen molar-refractivity contribution >= 4 is 50.4 Å². The molecular weight excluding hydrogens is 420 g/mol. The third-order valence-electron chi connectivity index (χ3n) is 5.25. The molecule has 0 radical (unpaired) electrons. The van der Waals surface area contributed by atoms with E-state index in [1.54, 1.807) is 6.20 Å². The van der Waals surface area contributed by atoms with Crippen LogP contribution < -0.4 is 10.6 Å². The highest BCUT2D eigenvalue weighted by Gasteiger charge is 2.48. The quantitative estimate of drug-likeness (QED) is 0.628. The topological polar surface area (TPSA) is 86.3 Å². The molecule has 28 heavy (non-hydrogen) atoms. The van der Waals surface area contributed by atoms with Crippen molar-refractivity contribution in [3.05, 3.63) is 40.6 Å². The van der Waals surface area contributed by atoms with Gasteiger partial charge in [0.15, 0.2) is 0 Å². The van der Waals surface area contributed by atoms with Gasteiger partial charge in [-0.15, -0.1) is 0 Å². The molecule has 2 aromatic rings. The molecule has 2 atom stereocenters. The van der Waals surface area contributed by atoms with Crippen LogP contribution in [0.5, 0.6) is 0 Å². The summed E-state index contributed by atoms with van der Waals surface area (Å²) in [6, 6.07) is 5.97. The van der Waals surface area contributed by atoms with E-state index in [2.05, 4.69) is 36.5 Å². The Kier molecular flexibility index (Phi) is 5.74. The minimum atomic E-state index is -1.27. The number of halogens is 1. The Hall–Kier alpha value is -2.41. The average molecular weight is 445 g/mol. The van der Waals surface area contributed by atoms with E-state index in [0.717, 1.165) is 27.4 Å². The van der Waals surface area contributed by atoms with Crippen LogP contribution in [-0.2, 0) is 9.59 Å². The molecule has 148 valence electrons. The Labute approximate surface area is 173 Å². The number of aliphatic imine (C=N–C) groups is 1. The SMILES string of the molecule is CCC(C)C1=NC(C(=O)NC=Cc2c[nH]c3ccc(Br)cc23)(C(C)C)NC1=O. The van der Waals surface area contributed by atoms with Crippen molar-refractivity contribution in [3.8, 4) is 0 Å². The van der Waals surface area contributed by atoms with E-state index < -0.39 is 5.66 Å². The second-order valence-electron chi connectivity index (χ2n) is 7.42. The fraction of sp³-hybridized carbons (Fsp3) is 0.381. The molecule has 0 saturated carbocycles. The summed E-state index contributed by atoms with van der Waals surface area (Å²) < 4.78 is 0.984. The number of nitrogens with one attached hydrogen (secondary N) is 3. The Morgan fingerprint density at radius 3 is 2.79 bits per heavy atom. The minimum Gasteiger partial charge on any atom is -0.361 e. The molecule has 3 rings (SSSR count). The van der Waals surface area contributed by atoms with E-state index in [0.29, 0.717) is 5.71 Å². The van der Waals surface area contributed by atoms with Gasteiger partial charge in [0, 0.05) is 45.2 Å². The Balaban J connectivity index is 1.82. The molecule has 1 aromatic carbocycles. The first kappa shape index (κ1) is 20.3. The lowest BCUT2D eigenvalue weighted by atomic mass is 9.96. The summed E-state index contributed by atoms with van der Waals surface area (Å²) in [5.74, 6) is -0.779. The summed E-state index contributed by atoms with van der Waals surface area (Å²) in [6.07, 6.45) is 6.10. The highest BCUT2D eigenvalue weighted by molar-refractivity contribution is 9.10. The van der Waals surface area contributed by atoms with Crippen LogP contribution in [-0.4, -0.2) is 28.2 Å². The van der Waals surface area contributed by atoms with Crippen LogP contribution in [0.15, 0.2) is 40.1 Å². The van der Waals surface area contributed by atoms with Gasteiger partial charge in [-0.05, 0) is 30.7 Å². The van der Waals surface area contributed by atoms with Gasteiger partial charge in [-0.3, -0.25) is 9.59 Å². The maximum Gasteiger partial charge on any atom is 0.272 e. The van der Waals surface area contributed by atoms with Crippen molar-refractivity contribution < 1.29 is 9.59 Å². The zero-order valence-corrected chi connectivity index (χ0v) is 18.1. The first-order valence-electron chi connectivity index (χ1n) is 9.45. The van der Waals surface area contributed by atoms with Crippen LogP contribution >= 0.6 is 15.9 Å². The molecule has 3 N–H and O–H groups in total. The van der Waals surface area contributed by atoms with Crippen LogP contribution in [0, 0.1) is 11.8 Å². The van der Waals surface area contributed by atoms with Gasteiger partial charge in [0.05, 0.1) is 0 Å². The molecule has 0 spiro atoms. The lowest BCUT2D eigenvalue weighted by Crippen LogP contribution is -2.57. The van der Waals surface area contributed by atoms with E-state index in [4.69, 9.17) is 0 Å². The predicted molar refractivity (Wildman–Crippen MR) is 116 cm³/mol. The van der Waals surface area contributed by atoms with Gasteiger partial charge >= 0.3 is 0 Å². The second kappa shape index (κ2) is 7.91. The molecule has 0 bridgehead atoms. The lowest BCUT2D eigenvalue weighted by Gasteiger charge is -2.28. The molecule has 6 nitrogen and oxygen atoms in total. The standard InChI is InChI=1S/C21H25BrN4O2/c1-5-13(4)18-19(27)26-21(25-18,12(2)3)20(28)23-9-8-14-11-24-17-7-6-15(22)10-16(14)17/h6-13,24H,5H2,1-4H3,(H,23,28)(H,26,27). The number of fused-ring (bicyclic) bond motifs is 1. The van der Waals surface area contributed by atoms with Crippen molar-refractivity contribution in [1.29, 1.82) is 0 Å². The van der Waals surface area contributed by atoms with Gasteiger partial charge in [-0.2, -0.15) is 0 Å². The van der Waals surface area contributed by atoms with E-state index >= 15 is 0 Å². The Bertz CT molecular complexity index is 976. The molecule has 2 heterocycles. The number of hydrogen-bond acceptors (Lipinski definition) is 3. The second-order valence-corrected chi connectivity index (χ2v) is 8.34. The monoisotopic (exact) mass is 444 g/mol. The van der Waals surface area contributed by atoms with Crippen LogP contribution in [0.2, 0.25) is 0 Å². The number of benzene rings is 1. The van der Waals surface area contributed by atoms with Crippen molar-refractivity contribution in [1.82, 2.24) is 15.6 Å². The van der Waals surface area contributed by atoms with Gasteiger partial charge < -0.3 is 15.6 Å². The first-order chi connectivity index (χ1) is 13.3. The van der Waals surface area contributed by atoms with Crippen LogP contribution in [0.3, 0.4) is 0 Å². The summed E-state index contributed by atoms with van der Waals surface area (Å²) in [7, 11) is 0. The number of carbonyl (C=O) groups excluding carboxylic acids is 2. The minimum absolute atomic E-state index is 0.00799. The summed E-state index contributed by atoms with van der Waals surface area (Å²) in [4.78, 5) is 33.1. The van der Waals surface area contributed by atoms with E-state index in [1.807, 2.05) is 58.2 Å². The Morgan fingerprint density at radius 1 is 1.36 bits per heavy atom. The molecule has 1 aromatic heterocycles. The normalized spacial score (nSPS) is 20.6. The molecule has 2 unspecified atom stereocenters. The van der Waals surface area contributed by atoms with Crippen molar-refractivity contribution in [2.75, 3.05) is 0 Å². The summed E-state index contributed by atoms with van der Waals surface area (Å²) in [5, 5.41) is 6.65. The highest BCUT2D eigenvalue weighted by atomic mass is 79.9. The van der Waals surface area contributed by atoms with Crippen LogP contribution in [0.4, 0.5) is 0 Å². The number of hydrogen-bond donors (Lipinski definition) is 3. The molecule has 0 aliphatic carbocycles. The molecule has 0 saturated heterocycles. The molecule has 7 heteroatoms. The number of amides is 2. The van der Waals surface area contributed by atoms with Crippen molar-refractivity contribution in [3.63, 3.8) is 0 Å². The van der Waals surface area contributed by atoms with E-state index in [-0.39, 0.29) is 23.7 Å². The number of nitrogens with zero attached hydrogens (tertiary/aromatic N) is 1. The largest absolute Gasteiger partial charge is 0.361 e. The fourth-order valence-electron chi connectivity index (χ4n) is 3.25. The highest BCUT2D eigenvalue weighted by Crippen LogP contribution is 2.27. The molecule has 1 aliphatic rings. The molecular formula is C21H25BrN4O2. The Morgan fingerprint density at radius 2 is 2.11 bits per heavy atom. The van der Waals surface area contributed by atoms with Gasteiger partial charge in [0.25, 0.3) is 11.8 Å². The van der Waals surface area contributed by atoms with Crippen LogP contribution in [0.1, 0.15) is 39.7 Å². The van der Waals surface area contributed by atoms with Crippen molar-refractivity contribution in [2.24, 2.45) is 16.8 Å². The number of H-pyrrole nitrogens is 1. The first-order valence-corrected chi connectivity index (χ1v) is 10.2. The summed E-state index contributed by atoms with van der Waals surface area (Å²) in [6.45, 7) is 7.70. The van der Waals surface area contributed by atoms with Crippen molar-refractivity contribution in [2.45, 2.75) is 39.8 Å². The van der Waals surface area contributed by atoms with Gasteiger partial charge in [0.2, 0.25) is 5.66 Å². The van der Waals surface area contributed by atoms with E-state index in [9.17, 15) is 9.59 Å². The average Bonchev–Trinajstić information content (AvgIpc) is 3.22. The molecule has 2 amide bonds. The third-order valence-corrected chi connectivity index (χ3v) is 5.74. The third kappa shape index (κ3) is 3.63.